The standard InChI is InChI=1S/C7H10O4/c1-2-8-6(9-3-1)7-10-4-5-11-7/h4-7H,1-3H2. The Morgan fingerprint density at radius 1 is 0.909 bits per heavy atom. The molecule has 0 amide bonds. The third kappa shape index (κ3) is 1.46. The summed E-state index contributed by atoms with van der Waals surface area (Å²) in [4.78, 5) is 0. The summed E-state index contributed by atoms with van der Waals surface area (Å²) in [6.45, 7) is 1.43. The third-order valence-electron chi connectivity index (χ3n) is 1.56. The molecular weight excluding hydrogens is 148 g/mol. The Labute approximate surface area is 64.7 Å². The molecule has 4 nitrogen and oxygen atoms in total. The maximum Gasteiger partial charge on any atom is 0.290 e. The maximum absolute atomic E-state index is 5.25. The number of rotatable bonds is 1. The summed E-state index contributed by atoms with van der Waals surface area (Å²) < 4.78 is 20.6. The molecule has 0 aromatic heterocycles. The van der Waals surface area contributed by atoms with Gasteiger partial charge in [0.25, 0.3) is 6.29 Å². The van der Waals surface area contributed by atoms with Crippen LogP contribution in [0.4, 0.5) is 0 Å². The number of ether oxygens (including phenoxy) is 4. The van der Waals surface area contributed by atoms with Crippen molar-refractivity contribution in [3.63, 3.8) is 0 Å². The average Bonchev–Trinajstić information content (AvgIpc) is 2.58. The zero-order valence-electron chi connectivity index (χ0n) is 6.06. The van der Waals surface area contributed by atoms with Crippen molar-refractivity contribution in [3.05, 3.63) is 12.5 Å². The summed E-state index contributed by atoms with van der Waals surface area (Å²) in [6.07, 6.45) is 3.16. The maximum atomic E-state index is 5.25. The van der Waals surface area contributed by atoms with Crippen molar-refractivity contribution in [3.8, 4) is 0 Å². The summed E-state index contributed by atoms with van der Waals surface area (Å²) in [6, 6.07) is 0. The van der Waals surface area contributed by atoms with E-state index < -0.39 is 6.29 Å². The Balaban J connectivity index is 1.83. The smallest absolute Gasteiger partial charge is 0.290 e. The second kappa shape index (κ2) is 3.11. The molecule has 0 aromatic rings. The van der Waals surface area contributed by atoms with Crippen molar-refractivity contribution in [2.45, 2.75) is 19.0 Å². The van der Waals surface area contributed by atoms with Gasteiger partial charge >= 0.3 is 0 Å². The molecule has 0 aliphatic carbocycles. The van der Waals surface area contributed by atoms with Crippen molar-refractivity contribution < 1.29 is 18.9 Å². The fourth-order valence-electron chi connectivity index (χ4n) is 1.04. The summed E-state index contributed by atoms with van der Waals surface area (Å²) in [7, 11) is 0. The molecule has 2 rings (SSSR count). The van der Waals surface area contributed by atoms with Gasteiger partial charge < -0.3 is 18.9 Å². The first kappa shape index (κ1) is 6.94. The molecule has 4 heteroatoms. The van der Waals surface area contributed by atoms with Crippen LogP contribution in [-0.2, 0) is 18.9 Å². The van der Waals surface area contributed by atoms with E-state index in [1.165, 1.54) is 12.5 Å². The van der Waals surface area contributed by atoms with Crippen LogP contribution in [-0.4, -0.2) is 25.8 Å². The molecule has 0 aromatic carbocycles. The molecule has 0 saturated carbocycles. The number of hydrogen-bond acceptors (Lipinski definition) is 4. The molecule has 1 fully saturated rings. The molecule has 1 saturated heterocycles. The van der Waals surface area contributed by atoms with Crippen LogP contribution in [0.3, 0.4) is 0 Å². The van der Waals surface area contributed by atoms with Crippen LogP contribution < -0.4 is 0 Å². The van der Waals surface area contributed by atoms with Gasteiger partial charge in [0.2, 0.25) is 6.29 Å². The minimum Gasteiger partial charge on any atom is -0.454 e. The molecule has 0 N–H and O–H groups in total. The van der Waals surface area contributed by atoms with Crippen LogP contribution in [0.5, 0.6) is 0 Å². The number of hydrogen-bond donors (Lipinski definition) is 0. The molecule has 0 atom stereocenters. The quantitative estimate of drug-likeness (QED) is 0.559. The summed E-state index contributed by atoms with van der Waals surface area (Å²) in [5.41, 5.74) is 0. The fraction of sp³-hybridized carbons (Fsp3) is 0.714. The van der Waals surface area contributed by atoms with Gasteiger partial charge in [-0.15, -0.1) is 0 Å². The van der Waals surface area contributed by atoms with Gasteiger partial charge in [0, 0.05) is 0 Å². The molecule has 0 bridgehead atoms. The molecule has 2 heterocycles. The highest BCUT2D eigenvalue weighted by molar-refractivity contribution is 4.73. The Morgan fingerprint density at radius 3 is 2.18 bits per heavy atom. The van der Waals surface area contributed by atoms with E-state index in [2.05, 4.69) is 0 Å². The van der Waals surface area contributed by atoms with Gasteiger partial charge in [0.15, 0.2) is 0 Å². The molecule has 0 spiro atoms. The van der Waals surface area contributed by atoms with Crippen LogP contribution in [0, 0.1) is 0 Å². The Kier molecular flexibility index (Phi) is 1.96. The SMILES string of the molecule is C1=COC(C2OCCCO2)O1. The van der Waals surface area contributed by atoms with Crippen molar-refractivity contribution in [1.29, 1.82) is 0 Å². The van der Waals surface area contributed by atoms with E-state index in [9.17, 15) is 0 Å². The molecule has 11 heavy (non-hydrogen) atoms. The third-order valence-corrected chi connectivity index (χ3v) is 1.56. The zero-order valence-corrected chi connectivity index (χ0v) is 6.06. The average molecular weight is 158 g/mol. The lowest BCUT2D eigenvalue weighted by molar-refractivity contribution is -0.266. The summed E-state index contributed by atoms with van der Waals surface area (Å²) >= 11 is 0. The van der Waals surface area contributed by atoms with Crippen LogP contribution in [0.1, 0.15) is 6.42 Å². The second-order valence-corrected chi connectivity index (χ2v) is 2.38. The van der Waals surface area contributed by atoms with Gasteiger partial charge in [-0.2, -0.15) is 0 Å². The van der Waals surface area contributed by atoms with Crippen LogP contribution in [0.2, 0.25) is 0 Å². The lowest BCUT2D eigenvalue weighted by Gasteiger charge is -2.26. The van der Waals surface area contributed by atoms with Crippen molar-refractivity contribution in [1.82, 2.24) is 0 Å². The predicted molar refractivity (Wildman–Crippen MR) is 35.4 cm³/mol. The first-order valence-electron chi connectivity index (χ1n) is 3.66. The highest BCUT2D eigenvalue weighted by Crippen LogP contribution is 2.16. The van der Waals surface area contributed by atoms with Crippen molar-refractivity contribution in [2.24, 2.45) is 0 Å². The summed E-state index contributed by atoms with van der Waals surface area (Å²) in [5.74, 6) is 0. The fourth-order valence-corrected chi connectivity index (χ4v) is 1.04. The van der Waals surface area contributed by atoms with Crippen LogP contribution in [0.25, 0.3) is 0 Å². The predicted octanol–water partition coefficient (Wildman–Crippen LogP) is 0.593. The monoisotopic (exact) mass is 158 g/mol. The lowest BCUT2D eigenvalue weighted by Crippen LogP contribution is -2.36. The molecule has 62 valence electrons. The first-order chi connectivity index (χ1) is 5.47. The van der Waals surface area contributed by atoms with Crippen molar-refractivity contribution >= 4 is 0 Å². The molecule has 2 aliphatic rings. The van der Waals surface area contributed by atoms with E-state index in [0.717, 1.165) is 6.42 Å². The highest BCUT2D eigenvalue weighted by Gasteiger charge is 2.29. The topological polar surface area (TPSA) is 36.9 Å². The van der Waals surface area contributed by atoms with Gasteiger partial charge in [0.05, 0.1) is 13.2 Å². The van der Waals surface area contributed by atoms with Gasteiger partial charge in [-0.1, -0.05) is 0 Å². The Bertz CT molecular complexity index is 143. The van der Waals surface area contributed by atoms with Gasteiger partial charge in [-0.25, -0.2) is 0 Å². The largest absolute Gasteiger partial charge is 0.454 e. The van der Waals surface area contributed by atoms with E-state index in [4.69, 9.17) is 18.9 Å². The minimum atomic E-state index is -0.407. The first-order valence-corrected chi connectivity index (χ1v) is 3.66. The normalized spacial score (nSPS) is 26.5. The van der Waals surface area contributed by atoms with Gasteiger partial charge in [0.1, 0.15) is 12.5 Å². The molecule has 0 radical (unpaired) electrons. The van der Waals surface area contributed by atoms with E-state index >= 15 is 0 Å². The van der Waals surface area contributed by atoms with Gasteiger partial charge in [-0.05, 0) is 6.42 Å². The Hall–Kier alpha value is -0.740. The van der Waals surface area contributed by atoms with Crippen LogP contribution in [0.15, 0.2) is 12.5 Å². The molecule has 2 aliphatic heterocycles. The van der Waals surface area contributed by atoms with Gasteiger partial charge in [-0.3, -0.25) is 0 Å². The van der Waals surface area contributed by atoms with Crippen molar-refractivity contribution in [2.75, 3.05) is 13.2 Å². The lowest BCUT2D eigenvalue weighted by atomic mass is 10.4. The summed E-state index contributed by atoms with van der Waals surface area (Å²) in [5, 5.41) is 0. The van der Waals surface area contributed by atoms with E-state index in [1.54, 1.807) is 0 Å². The van der Waals surface area contributed by atoms with E-state index in [0.29, 0.717) is 13.2 Å². The minimum absolute atomic E-state index is 0.362. The van der Waals surface area contributed by atoms with Crippen LogP contribution >= 0.6 is 0 Å². The second-order valence-electron chi connectivity index (χ2n) is 2.38. The Morgan fingerprint density at radius 2 is 1.55 bits per heavy atom. The molecule has 0 unspecified atom stereocenters. The molecular formula is C7H10O4. The van der Waals surface area contributed by atoms with E-state index in [1.807, 2.05) is 0 Å². The highest BCUT2D eigenvalue weighted by atomic mass is 16.8. The zero-order chi connectivity index (χ0) is 7.52. The van der Waals surface area contributed by atoms with E-state index in [-0.39, 0.29) is 6.29 Å².